The van der Waals surface area contributed by atoms with Gasteiger partial charge in [-0.3, -0.25) is 14.5 Å². The summed E-state index contributed by atoms with van der Waals surface area (Å²) in [5.74, 6) is -1.14. The number of carbonyl (C=O) groups excluding carboxylic acids is 3. The lowest BCUT2D eigenvalue weighted by Crippen LogP contribution is -2.30. The van der Waals surface area contributed by atoms with Crippen molar-refractivity contribution in [2.45, 2.75) is 25.3 Å². The van der Waals surface area contributed by atoms with E-state index in [1.165, 1.54) is 11.9 Å². The predicted octanol–water partition coefficient (Wildman–Crippen LogP) is 3.39. The van der Waals surface area contributed by atoms with E-state index in [-0.39, 0.29) is 30.5 Å². The molecule has 0 fully saturated rings. The summed E-state index contributed by atoms with van der Waals surface area (Å²) < 4.78 is 5.11. The van der Waals surface area contributed by atoms with Gasteiger partial charge in [-0.05, 0) is 50.4 Å². The third-order valence-corrected chi connectivity index (χ3v) is 6.29. The van der Waals surface area contributed by atoms with Gasteiger partial charge in [-0.2, -0.15) is 0 Å². The first-order valence-electron chi connectivity index (χ1n) is 9.44. The molecule has 162 valence electrons. The average Bonchev–Trinajstić information content (AvgIpc) is 3.03. The number of thioether (sulfide) groups is 1. The van der Waals surface area contributed by atoms with Crippen LogP contribution in [0.2, 0.25) is 0 Å². The summed E-state index contributed by atoms with van der Waals surface area (Å²) in [7, 11) is 3.37. The van der Waals surface area contributed by atoms with E-state index >= 15 is 0 Å². The van der Waals surface area contributed by atoms with Gasteiger partial charge in [0.05, 0.1) is 23.6 Å². The maximum atomic E-state index is 12.6. The number of thiophene rings is 1. The fourth-order valence-electron chi connectivity index (χ4n) is 2.89. The Kier molecular flexibility index (Phi) is 8.88. The zero-order valence-electron chi connectivity index (χ0n) is 17.8. The fourth-order valence-corrected chi connectivity index (χ4v) is 4.46. The van der Waals surface area contributed by atoms with Crippen LogP contribution in [0.15, 0.2) is 29.2 Å². The van der Waals surface area contributed by atoms with Gasteiger partial charge in [0.2, 0.25) is 5.91 Å². The van der Waals surface area contributed by atoms with Crippen LogP contribution in [0.4, 0.5) is 5.00 Å². The van der Waals surface area contributed by atoms with E-state index in [2.05, 4.69) is 10.6 Å². The van der Waals surface area contributed by atoms with Gasteiger partial charge in [-0.15, -0.1) is 23.1 Å². The summed E-state index contributed by atoms with van der Waals surface area (Å²) >= 11 is 2.75. The van der Waals surface area contributed by atoms with Crippen molar-refractivity contribution in [2.24, 2.45) is 0 Å². The number of hydrogen-bond donors (Lipinski definition) is 2. The van der Waals surface area contributed by atoms with E-state index in [0.29, 0.717) is 22.0 Å². The predicted molar refractivity (Wildman–Crippen MR) is 122 cm³/mol. The first-order valence-corrected chi connectivity index (χ1v) is 11.5. The number of anilines is 1. The molecule has 30 heavy (non-hydrogen) atoms. The van der Waals surface area contributed by atoms with E-state index in [1.54, 1.807) is 25.6 Å². The minimum atomic E-state index is -0.557. The van der Waals surface area contributed by atoms with Gasteiger partial charge in [0.25, 0.3) is 5.91 Å². The van der Waals surface area contributed by atoms with Crippen molar-refractivity contribution in [2.75, 3.05) is 38.8 Å². The first kappa shape index (κ1) is 23.9. The Hall–Kier alpha value is -2.36. The lowest BCUT2D eigenvalue weighted by atomic mass is 10.1. The number of amides is 2. The zero-order chi connectivity index (χ0) is 22.3. The second kappa shape index (κ2) is 11.1. The van der Waals surface area contributed by atoms with E-state index in [1.807, 2.05) is 42.5 Å². The number of hydrogen-bond acceptors (Lipinski definition) is 7. The van der Waals surface area contributed by atoms with Crippen LogP contribution in [-0.4, -0.2) is 56.2 Å². The van der Waals surface area contributed by atoms with Crippen LogP contribution in [-0.2, 0) is 16.1 Å². The normalized spacial score (nSPS) is 10.7. The molecule has 7 nitrogen and oxygen atoms in total. The molecule has 0 aliphatic rings. The van der Waals surface area contributed by atoms with Crippen LogP contribution >= 0.6 is 23.1 Å². The molecule has 0 spiro atoms. The minimum Gasteiger partial charge on any atom is -0.462 e. The number of benzene rings is 1. The van der Waals surface area contributed by atoms with Crippen molar-refractivity contribution < 1.29 is 19.1 Å². The fraction of sp³-hybridized carbons (Fsp3) is 0.381. The van der Waals surface area contributed by atoms with Crippen molar-refractivity contribution >= 4 is 45.9 Å². The van der Waals surface area contributed by atoms with Crippen molar-refractivity contribution in [3.05, 3.63) is 45.8 Å². The van der Waals surface area contributed by atoms with Gasteiger partial charge < -0.3 is 15.4 Å². The molecule has 0 bridgehead atoms. The van der Waals surface area contributed by atoms with Gasteiger partial charge in [-0.25, -0.2) is 4.79 Å². The van der Waals surface area contributed by atoms with Gasteiger partial charge in [0.15, 0.2) is 0 Å². The first-order chi connectivity index (χ1) is 14.3. The highest BCUT2D eigenvalue weighted by Crippen LogP contribution is 2.33. The van der Waals surface area contributed by atoms with Gasteiger partial charge in [0.1, 0.15) is 5.00 Å². The van der Waals surface area contributed by atoms with Crippen LogP contribution < -0.4 is 10.6 Å². The van der Waals surface area contributed by atoms with Crippen LogP contribution in [0.3, 0.4) is 0 Å². The number of esters is 1. The second-order valence-corrected chi connectivity index (χ2v) is 8.53. The molecule has 0 saturated heterocycles. The topological polar surface area (TPSA) is 87.7 Å². The van der Waals surface area contributed by atoms with Crippen molar-refractivity contribution in [1.82, 2.24) is 10.2 Å². The molecule has 2 rings (SSSR count). The molecule has 0 aliphatic heterocycles. The summed E-state index contributed by atoms with van der Waals surface area (Å²) in [6, 6.07) is 8.18. The van der Waals surface area contributed by atoms with Crippen LogP contribution in [0, 0.1) is 6.92 Å². The van der Waals surface area contributed by atoms with Crippen LogP contribution in [0.5, 0.6) is 0 Å². The molecular formula is C21H27N3O4S2. The molecule has 0 unspecified atom stereocenters. The zero-order valence-corrected chi connectivity index (χ0v) is 19.5. The minimum absolute atomic E-state index is 0.138. The highest BCUT2D eigenvalue weighted by molar-refractivity contribution is 7.98. The molecule has 2 amide bonds. The quantitative estimate of drug-likeness (QED) is 0.451. The molecule has 0 saturated carbocycles. The monoisotopic (exact) mass is 449 g/mol. The molecule has 2 aromatic rings. The number of carbonyl (C=O) groups is 3. The smallest absolute Gasteiger partial charge is 0.341 e. The Balaban J connectivity index is 2.12. The number of nitrogens with zero attached hydrogens (tertiary/aromatic N) is 1. The lowest BCUT2D eigenvalue weighted by Gasteiger charge is -2.16. The third kappa shape index (κ3) is 6.07. The molecule has 0 atom stereocenters. The van der Waals surface area contributed by atoms with Crippen LogP contribution in [0.25, 0.3) is 0 Å². The highest BCUT2D eigenvalue weighted by Gasteiger charge is 2.26. The molecule has 0 radical (unpaired) electrons. The highest BCUT2D eigenvalue weighted by atomic mass is 32.2. The summed E-state index contributed by atoms with van der Waals surface area (Å²) in [5, 5.41) is 5.66. The number of ether oxygens (including phenoxy) is 1. The van der Waals surface area contributed by atoms with E-state index in [4.69, 9.17) is 4.74 Å². The Morgan fingerprint density at radius 3 is 2.43 bits per heavy atom. The SMILES string of the molecule is CCOC(=O)c1c(NC(=O)CN(C)Cc2ccc(SC)cc2)sc(C(=O)NC)c1C. The second-order valence-electron chi connectivity index (χ2n) is 6.63. The average molecular weight is 450 g/mol. The summed E-state index contributed by atoms with van der Waals surface area (Å²) in [6.45, 7) is 4.33. The molecule has 1 aromatic carbocycles. The van der Waals surface area contributed by atoms with Crippen LogP contribution in [0.1, 0.15) is 38.1 Å². The maximum Gasteiger partial charge on any atom is 0.341 e. The third-order valence-electron chi connectivity index (χ3n) is 4.34. The summed E-state index contributed by atoms with van der Waals surface area (Å²) in [6.07, 6.45) is 2.03. The summed E-state index contributed by atoms with van der Waals surface area (Å²) in [5.41, 5.74) is 1.82. The van der Waals surface area contributed by atoms with Gasteiger partial charge in [0, 0.05) is 18.5 Å². The standard InChI is InChI=1S/C21H27N3O4S2/c1-6-28-21(27)17-13(2)18(19(26)22-3)30-20(17)23-16(25)12-24(4)11-14-7-9-15(29-5)10-8-14/h7-10H,6,11-12H2,1-5H3,(H,22,26)(H,23,25). The summed E-state index contributed by atoms with van der Waals surface area (Å²) in [4.78, 5) is 40.6. The van der Waals surface area contributed by atoms with Gasteiger partial charge >= 0.3 is 5.97 Å². The Morgan fingerprint density at radius 2 is 1.87 bits per heavy atom. The Bertz CT molecular complexity index is 910. The largest absolute Gasteiger partial charge is 0.462 e. The lowest BCUT2D eigenvalue weighted by molar-refractivity contribution is -0.117. The molecule has 1 heterocycles. The molecule has 2 N–H and O–H groups in total. The van der Waals surface area contributed by atoms with Crippen molar-refractivity contribution in [1.29, 1.82) is 0 Å². The number of nitrogens with one attached hydrogen (secondary N) is 2. The van der Waals surface area contributed by atoms with E-state index < -0.39 is 5.97 Å². The Labute approximate surface area is 185 Å². The Morgan fingerprint density at radius 1 is 1.20 bits per heavy atom. The maximum absolute atomic E-state index is 12.6. The number of rotatable bonds is 9. The van der Waals surface area contributed by atoms with E-state index in [0.717, 1.165) is 16.9 Å². The van der Waals surface area contributed by atoms with E-state index in [9.17, 15) is 14.4 Å². The molecule has 0 aliphatic carbocycles. The number of likely N-dealkylation sites (N-methyl/N-ethyl adjacent to an activating group) is 1. The van der Waals surface area contributed by atoms with Crippen molar-refractivity contribution in [3.63, 3.8) is 0 Å². The molecule has 9 heteroatoms. The molecular weight excluding hydrogens is 422 g/mol. The van der Waals surface area contributed by atoms with Gasteiger partial charge in [-0.1, -0.05) is 12.1 Å². The molecule has 1 aromatic heterocycles. The van der Waals surface area contributed by atoms with Crippen molar-refractivity contribution in [3.8, 4) is 0 Å².